The van der Waals surface area contributed by atoms with Crippen molar-refractivity contribution in [2.24, 2.45) is 46.7 Å². The fourth-order valence-electron chi connectivity index (χ4n) is 7.42. The normalized spacial score (nSPS) is 48.6. The van der Waals surface area contributed by atoms with Gasteiger partial charge < -0.3 is 19.3 Å². The van der Waals surface area contributed by atoms with Gasteiger partial charge in [0.15, 0.2) is 6.17 Å². The first-order valence-electron chi connectivity index (χ1n) is 10.9. The van der Waals surface area contributed by atoms with E-state index < -0.39 is 53.5 Å². The molecule has 30 heavy (non-hydrogen) atoms. The first-order chi connectivity index (χ1) is 14.1. The van der Waals surface area contributed by atoms with E-state index in [-0.39, 0.29) is 12.4 Å². The maximum atomic E-state index is 14.1. The van der Waals surface area contributed by atoms with Crippen LogP contribution in [0.3, 0.4) is 0 Å². The van der Waals surface area contributed by atoms with Gasteiger partial charge in [-0.25, -0.2) is 9.18 Å². The molecule has 0 aromatic rings. The van der Waals surface area contributed by atoms with E-state index >= 15 is 0 Å². The molecule has 0 amide bonds. The summed E-state index contributed by atoms with van der Waals surface area (Å²) in [7, 11) is 0. The molecule has 0 aliphatic heterocycles. The molecule has 0 radical (unpaired) electrons. The largest absolute Gasteiger partial charge is 0.507 e. The predicted molar refractivity (Wildman–Crippen MR) is 98.3 cm³/mol. The van der Waals surface area contributed by atoms with E-state index in [0.717, 1.165) is 19.3 Å². The van der Waals surface area contributed by atoms with E-state index in [4.69, 9.17) is 20.3 Å². The first-order valence-corrected chi connectivity index (χ1v) is 10.9. The van der Waals surface area contributed by atoms with Crippen molar-refractivity contribution in [2.45, 2.75) is 70.1 Å². The number of hydrogen-bond acceptors (Lipinski definition) is 7. The summed E-state index contributed by atoms with van der Waals surface area (Å²) in [4.78, 5) is 36.4. The van der Waals surface area contributed by atoms with E-state index in [9.17, 15) is 18.8 Å². The maximum absolute atomic E-state index is 14.1. The van der Waals surface area contributed by atoms with Gasteiger partial charge >= 0.3 is 18.1 Å². The molecule has 6 rings (SSSR count). The Balaban J connectivity index is 1.18. The molecule has 6 aliphatic rings. The van der Waals surface area contributed by atoms with E-state index in [0.29, 0.717) is 17.8 Å². The molecule has 3 N–H and O–H groups in total. The SMILES string of the molecule is C[C@H](OC(=O)[C@H]1[C@@H]2C[C@H](F)[C@@](N)(OC(=O)O)[C@@H]21)OC(=O)C12CC3CC(CC(C3)C1)C2. The smallest absolute Gasteiger partial charge is 0.450 e. The van der Waals surface area contributed by atoms with Crippen molar-refractivity contribution in [1.82, 2.24) is 0 Å². The molecule has 6 aliphatic carbocycles. The standard InChI is InChI=1S/C21H28FNO7/c1-9(29-18(25)20-6-10-2-11(7-20)4-12(3-10)8-20)28-17(24)15-13-5-14(22)21(23,16(13)15)30-19(26)27/h9-16H,2-8,23H2,1H3,(H,26,27)/t9-,10?,11?,12?,13+,14+,15+,16+,20?,21-/m1/s1. The van der Waals surface area contributed by atoms with Gasteiger partial charge in [0.1, 0.15) is 0 Å². The molecule has 4 bridgehead atoms. The van der Waals surface area contributed by atoms with E-state index in [2.05, 4.69) is 4.74 Å². The zero-order valence-electron chi connectivity index (χ0n) is 16.9. The number of carbonyl (C=O) groups excluding carboxylic acids is 2. The summed E-state index contributed by atoms with van der Waals surface area (Å²) in [6, 6.07) is 0. The second-order valence-electron chi connectivity index (χ2n) is 10.2. The molecule has 6 atom stereocenters. The summed E-state index contributed by atoms with van der Waals surface area (Å²) in [5.41, 5.74) is 3.33. The van der Waals surface area contributed by atoms with Gasteiger partial charge in [-0.2, -0.15) is 0 Å². The second kappa shape index (κ2) is 6.55. The van der Waals surface area contributed by atoms with E-state index in [1.54, 1.807) is 0 Å². The molecule has 0 spiro atoms. The Morgan fingerprint density at radius 3 is 2.13 bits per heavy atom. The molecular formula is C21H28FNO7. The van der Waals surface area contributed by atoms with Crippen LogP contribution >= 0.6 is 0 Å². The molecule has 8 nitrogen and oxygen atoms in total. The third-order valence-electron chi connectivity index (χ3n) is 8.22. The van der Waals surface area contributed by atoms with Crippen molar-refractivity contribution >= 4 is 18.1 Å². The number of nitrogens with two attached hydrogens (primary N) is 1. The van der Waals surface area contributed by atoms with Crippen LogP contribution in [0.2, 0.25) is 0 Å². The summed E-state index contributed by atoms with van der Waals surface area (Å²) in [6.45, 7) is 1.50. The number of rotatable bonds is 5. The topological polar surface area (TPSA) is 125 Å². The van der Waals surface area contributed by atoms with Crippen molar-refractivity contribution in [3.63, 3.8) is 0 Å². The van der Waals surface area contributed by atoms with Crippen molar-refractivity contribution in [2.75, 3.05) is 0 Å². The van der Waals surface area contributed by atoms with E-state index in [1.165, 1.54) is 26.2 Å². The maximum Gasteiger partial charge on any atom is 0.507 e. The lowest BCUT2D eigenvalue weighted by Gasteiger charge is -2.55. The van der Waals surface area contributed by atoms with Crippen LogP contribution in [-0.4, -0.2) is 41.4 Å². The molecule has 0 aromatic heterocycles. The number of alkyl halides is 1. The number of hydrogen-bond donors (Lipinski definition) is 2. The highest BCUT2D eigenvalue weighted by Gasteiger charge is 2.74. The zero-order valence-corrected chi connectivity index (χ0v) is 16.9. The van der Waals surface area contributed by atoms with Gasteiger partial charge in [0, 0.05) is 12.8 Å². The summed E-state index contributed by atoms with van der Waals surface area (Å²) in [5, 5.41) is 8.84. The van der Waals surface area contributed by atoms with Crippen molar-refractivity contribution in [3.05, 3.63) is 0 Å². The quantitative estimate of drug-likeness (QED) is 0.509. The van der Waals surface area contributed by atoms with Crippen LogP contribution in [0.1, 0.15) is 51.9 Å². The van der Waals surface area contributed by atoms with Crippen molar-refractivity contribution < 1.29 is 38.1 Å². The van der Waals surface area contributed by atoms with Crippen LogP contribution in [0.5, 0.6) is 0 Å². The fourth-order valence-corrected chi connectivity index (χ4v) is 7.42. The molecule has 0 unspecified atom stereocenters. The molecule has 0 heterocycles. The van der Waals surface area contributed by atoms with E-state index in [1.807, 2.05) is 0 Å². The number of halogens is 1. The van der Waals surface area contributed by atoms with Gasteiger partial charge in [-0.05, 0) is 68.6 Å². The first kappa shape index (κ1) is 20.0. The van der Waals surface area contributed by atoms with Crippen molar-refractivity contribution in [1.29, 1.82) is 0 Å². The molecule has 9 heteroatoms. The Bertz CT molecular complexity index is 752. The Morgan fingerprint density at radius 2 is 1.60 bits per heavy atom. The third kappa shape index (κ3) is 2.99. The van der Waals surface area contributed by atoms with Crippen LogP contribution in [0.4, 0.5) is 9.18 Å². The van der Waals surface area contributed by atoms with Crippen LogP contribution in [-0.2, 0) is 23.8 Å². The number of ether oxygens (including phenoxy) is 3. The number of esters is 2. The molecule has 166 valence electrons. The molecular weight excluding hydrogens is 397 g/mol. The van der Waals surface area contributed by atoms with Gasteiger partial charge in [0.25, 0.3) is 0 Å². The average molecular weight is 425 g/mol. The number of carboxylic acid groups (broad SMARTS) is 1. The molecule has 0 aromatic carbocycles. The molecule has 0 saturated heterocycles. The number of carbonyl (C=O) groups is 3. The predicted octanol–water partition coefficient (Wildman–Crippen LogP) is 2.59. The van der Waals surface area contributed by atoms with Gasteiger partial charge in [0.05, 0.1) is 11.3 Å². The summed E-state index contributed by atoms with van der Waals surface area (Å²) in [5.74, 6) is -1.11. The minimum Gasteiger partial charge on any atom is -0.450 e. The van der Waals surface area contributed by atoms with Gasteiger partial charge in [-0.1, -0.05) is 0 Å². The lowest BCUT2D eigenvalue weighted by atomic mass is 9.49. The molecule has 6 saturated carbocycles. The highest BCUT2D eigenvalue weighted by molar-refractivity contribution is 5.79. The third-order valence-corrected chi connectivity index (χ3v) is 8.22. The Morgan fingerprint density at radius 1 is 1.03 bits per heavy atom. The lowest BCUT2D eigenvalue weighted by Crippen LogP contribution is -2.53. The van der Waals surface area contributed by atoms with Crippen molar-refractivity contribution in [3.8, 4) is 0 Å². The monoisotopic (exact) mass is 425 g/mol. The van der Waals surface area contributed by atoms with Crippen LogP contribution in [0.15, 0.2) is 0 Å². The fraction of sp³-hybridized carbons (Fsp3) is 0.857. The molecule has 6 fully saturated rings. The van der Waals surface area contributed by atoms with Crippen LogP contribution in [0.25, 0.3) is 0 Å². The minimum atomic E-state index is -2.04. The summed E-state index contributed by atoms with van der Waals surface area (Å²) in [6.07, 6.45) is 1.70. The Hall–Kier alpha value is -1.90. The summed E-state index contributed by atoms with van der Waals surface area (Å²) >= 11 is 0. The number of fused-ring (bicyclic) bond motifs is 1. The minimum absolute atomic E-state index is 0.0599. The average Bonchev–Trinajstić information content (AvgIpc) is 3.28. The lowest BCUT2D eigenvalue weighted by molar-refractivity contribution is -0.203. The van der Waals surface area contributed by atoms with Gasteiger partial charge in [-0.15, -0.1) is 0 Å². The zero-order chi connectivity index (χ0) is 21.4. The summed E-state index contributed by atoms with van der Waals surface area (Å²) < 4.78 is 29.5. The van der Waals surface area contributed by atoms with Crippen LogP contribution < -0.4 is 5.73 Å². The Kier molecular flexibility index (Phi) is 4.37. The van der Waals surface area contributed by atoms with Crippen LogP contribution in [0, 0.1) is 40.9 Å². The Labute approximate surface area is 173 Å². The van der Waals surface area contributed by atoms with Gasteiger partial charge in [0.2, 0.25) is 12.0 Å². The van der Waals surface area contributed by atoms with Gasteiger partial charge in [-0.3, -0.25) is 15.3 Å². The highest BCUT2D eigenvalue weighted by atomic mass is 19.1. The second-order valence-corrected chi connectivity index (χ2v) is 10.2. The highest BCUT2D eigenvalue weighted by Crippen LogP contribution is 2.63.